The fourth-order valence-corrected chi connectivity index (χ4v) is 3.80. The second kappa shape index (κ2) is 10.9. The minimum absolute atomic E-state index is 0.143. The predicted molar refractivity (Wildman–Crippen MR) is 125 cm³/mol. The molecule has 0 aliphatic rings. The van der Waals surface area contributed by atoms with Crippen molar-refractivity contribution in [2.45, 2.75) is 31.3 Å². The monoisotopic (exact) mass is 596 g/mol. The molecule has 5 nitrogen and oxygen atoms in total. The summed E-state index contributed by atoms with van der Waals surface area (Å²) in [5.74, 6) is -1.68. The summed E-state index contributed by atoms with van der Waals surface area (Å²) in [4.78, 5) is 16.5. The molecule has 0 N–H and O–H groups in total. The lowest BCUT2D eigenvalue weighted by Crippen LogP contribution is -2.41. The molecular formula is C24H13Cl3F6N2O3. The Balaban J connectivity index is 2.05. The third kappa shape index (κ3) is 6.09. The number of ether oxygens (including phenoxy) is 2. The molecule has 38 heavy (non-hydrogen) atoms. The quantitative estimate of drug-likeness (QED) is 0.255. The number of carbonyl (C=O) groups is 1. The van der Waals surface area contributed by atoms with Crippen molar-refractivity contribution in [1.82, 2.24) is 4.98 Å². The average molecular weight is 598 g/mol. The molecule has 0 radical (unpaired) electrons. The van der Waals surface area contributed by atoms with Crippen LogP contribution in [0, 0.1) is 11.3 Å². The Bertz CT molecular complexity index is 1410. The molecule has 3 aromatic rings. The van der Waals surface area contributed by atoms with Crippen molar-refractivity contribution in [3.8, 4) is 23.3 Å². The summed E-state index contributed by atoms with van der Waals surface area (Å²) >= 11 is 18.2. The van der Waals surface area contributed by atoms with Gasteiger partial charge >= 0.3 is 12.4 Å². The summed E-state index contributed by atoms with van der Waals surface area (Å²) in [5, 5.41) is 9.16. The van der Waals surface area contributed by atoms with Gasteiger partial charge in [0.15, 0.2) is 5.78 Å². The Kier molecular flexibility index (Phi) is 8.41. The fraction of sp³-hybridized carbons (Fsp3) is 0.208. The number of carbonyl (C=O) groups excluding carboxylic acids is 1. The van der Waals surface area contributed by atoms with Gasteiger partial charge in [0, 0.05) is 18.7 Å². The molecule has 0 fully saturated rings. The second-order valence-corrected chi connectivity index (χ2v) is 8.78. The number of halogens is 9. The SMILES string of the molecule is CCC(=O)C(C#N)(Oc1cc(Oc2ccc(C(F)(F)F)cc2Cl)c(Cl)cc1Cl)c1ccc(C(F)(F)F)cn1. The van der Waals surface area contributed by atoms with Crippen LogP contribution >= 0.6 is 34.8 Å². The van der Waals surface area contributed by atoms with E-state index in [1.807, 2.05) is 0 Å². The largest absolute Gasteiger partial charge is 0.457 e. The fourth-order valence-electron chi connectivity index (χ4n) is 3.12. The maximum atomic E-state index is 13.0. The molecule has 200 valence electrons. The number of hydrogen-bond acceptors (Lipinski definition) is 5. The van der Waals surface area contributed by atoms with E-state index in [1.165, 1.54) is 6.92 Å². The third-order valence-electron chi connectivity index (χ3n) is 5.05. The van der Waals surface area contributed by atoms with Crippen LogP contribution < -0.4 is 9.47 Å². The minimum atomic E-state index is -4.72. The first kappa shape index (κ1) is 29.4. The van der Waals surface area contributed by atoms with Gasteiger partial charge in [-0.05, 0) is 36.4 Å². The summed E-state index contributed by atoms with van der Waals surface area (Å²) in [6, 6.07) is 7.55. The molecule has 2 aromatic carbocycles. The molecule has 1 unspecified atom stereocenters. The predicted octanol–water partition coefficient (Wildman–Crippen LogP) is 8.65. The van der Waals surface area contributed by atoms with Gasteiger partial charge in [0.2, 0.25) is 0 Å². The molecule has 1 heterocycles. The van der Waals surface area contributed by atoms with Crippen LogP contribution in [-0.2, 0) is 22.7 Å². The summed E-state index contributed by atoms with van der Waals surface area (Å²) in [6.45, 7) is 1.40. The standard InChI is InChI=1S/C24H13Cl3F6N2O3/c1-2-21(36)22(11-34,20-6-4-13(10-35-20)24(31,32)33)38-19-9-18(15(26)8-16(19)27)37-17-5-3-12(7-14(17)25)23(28,29)30/h3-10H,2H2,1H3. The zero-order valence-corrected chi connectivity index (χ0v) is 21.1. The number of alkyl halides is 6. The topological polar surface area (TPSA) is 72.2 Å². The van der Waals surface area contributed by atoms with Crippen LogP contribution in [-0.4, -0.2) is 10.8 Å². The van der Waals surface area contributed by atoms with E-state index in [9.17, 15) is 36.4 Å². The van der Waals surface area contributed by atoms with E-state index >= 15 is 0 Å². The summed E-state index contributed by atoms with van der Waals surface area (Å²) in [7, 11) is 0. The number of ketones is 1. The van der Waals surface area contributed by atoms with Gasteiger partial charge in [-0.3, -0.25) is 9.78 Å². The third-order valence-corrected chi connectivity index (χ3v) is 5.94. The molecule has 0 bridgehead atoms. The second-order valence-electron chi connectivity index (χ2n) is 7.56. The van der Waals surface area contributed by atoms with Crippen LogP contribution in [0.25, 0.3) is 0 Å². The van der Waals surface area contributed by atoms with Crippen LogP contribution in [0.15, 0.2) is 48.7 Å². The van der Waals surface area contributed by atoms with Crippen molar-refractivity contribution in [2.75, 3.05) is 0 Å². The molecule has 0 spiro atoms. The Morgan fingerprint density at radius 1 is 0.868 bits per heavy atom. The van der Waals surface area contributed by atoms with E-state index in [4.69, 9.17) is 44.3 Å². The Morgan fingerprint density at radius 2 is 1.45 bits per heavy atom. The van der Waals surface area contributed by atoms with E-state index in [2.05, 4.69) is 4.98 Å². The number of Topliss-reactive ketones (excluding diaryl/α,β-unsaturated/α-hetero) is 1. The molecule has 0 aliphatic heterocycles. The molecule has 3 rings (SSSR count). The molecule has 0 amide bonds. The smallest absolute Gasteiger partial charge is 0.417 e. The summed E-state index contributed by atoms with van der Waals surface area (Å²) in [5.41, 5.74) is -5.11. The number of nitriles is 1. The molecule has 0 aliphatic carbocycles. The van der Waals surface area contributed by atoms with Crippen LogP contribution in [0.3, 0.4) is 0 Å². The zero-order valence-electron chi connectivity index (χ0n) is 18.8. The van der Waals surface area contributed by atoms with Crippen LogP contribution in [0.4, 0.5) is 26.3 Å². The Hall–Kier alpha value is -3.20. The zero-order chi connectivity index (χ0) is 28.5. The summed E-state index contributed by atoms with van der Waals surface area (Å²) in [6.07, 6.45) is -9.20. The van der Waals surface area contributed by atoms with E-state index in [-0.39, 0.29) is 33.7 Å². The van der Waals surface area contributed by atoms with Gasteiger partial charge in [0.1, 0.15) is 29.0 Å². The highest BCUT2D eigenvalue weighted by Gasteiger charge is 2.45. The summed E-state index contributed by atoms with van der Waals surface area (Å²) < 4.78 is 88.9. The molecule has 0 saturated heterocycles. The van der Waals surface area contributed by atoms with Gasteiger partial charge in [-0.2, -0.15) is 31.6 Å². The highest BCUT2D eigenvalue weighted by Crippen LogP contribution is 2.43. The number of benzene rings is 2. The lowest BCUT2D eigenvalue weighted by atomic mass is 9.92. The van der Waals surface area contributed by atoms with Crippen molar-refractivity contribution in [2.24, 2.45) is 0 Å². The first-order valence-corrected chi connectivity index (χ1v) is 11.5. The van der Waals surface area contributed by atoms with E-state index in [1.54, 1.807) is 6.07 Å². The van der Waals surface area contributed by atoms with Gasteiger partial charge in [0.25, 0.3) is 5.60 Å². The highest BCUT2D eigenvalue weighted by atomic mass is 35.5. The minimum Gasteiger partial charge on any atom is -0.457 e. The Labute approximate surface area is 226 Å². The molecule has 0 saturated carbocycles. The number of pyridine rings is 1. The van der Waals surface area contributed by atoms with Crippen LogP contribution in [0.2, 0.25) is 15.1 Å². The molecule has 1 atom stereocenters. The van der Waals surface area contributed by atoms with Crippen LogP contribution in [0.1, 0.15) is 30.2 Å². The number of hydrogen-bond donors (Lipinski definition) is 0. The van der Waals surface area contributed by atoms with Crippen molar-refractivity contribution in [3.05, 3.63) is 80.6 Å². The van der Waals surface area contributed by atoms with Crippen LogP contribution in [0.5, 0.6) is 17.2 Å². The maximum absolute atomic E-state index is 13.0. The highest BCUT2D eigenvalue weighted by molar-refractivity contribution is 6.36. The van der Waals surface area contributed by atoms with Crippen molar-refractivity contribution in [1.29, 1.82) is 5.26 Å². The normalized spacial score (nSPS) is 13.4. The van der Waals surface area contributed by atoms with E-state index < -0.39 is 45.6 Å². The number of aromatic nitrogens is 1. The number of nitrogens with zero attached hydrogens (tertiary/aromatic N) is 2. The first-order valence-electron chi connectivity index (χ1n) is 10.3. The van der Waals surface area contributed by atoms with E-state index in [0.29, 0.717) is 18.3 Å². The van der Waals surface area contributed by atoms with Gasteiger partial charge in [-0.1, -0.05) is 41.7 Å². The van der Waals surface area contributed by atoms with Gasteiger partial charge in [-0.25, -0.2) is 0 Å². The van der Waals surface area contributed by atoms with Gasteiger partial charge < -0.3 is 9.47 Å². The Morgan fingerprint density at radius 3 is 1.95 bits per heavy atom. The van der Waals surface area contributed by atoms with Crippen molar-refractivity contribution < 1.29 is 40.6 Å². The molecular weight excluding hydrogens is 585 g/mol. The maximum Gasteiger partial charge on any atom is 0.417 e. The van der Waals surface area contributed by atoms with Crippen molar-refractivity contribution in [3.63, 3.8) is 0 Å². The lowest BCUT2D eigenvalue weighted by molar-refractivity contribution is -0.138. The van der Waals surface area contributed by atoms with E-state index in [0.717, 1.165) is 30.3 Å². The first-order chi connectivity index (χ1) is 17.6. The average Bonchev–Trinajstić information content (AvgIpc) is 2.84. The number of rotatable bonds is 7. The molecule has 1 aromatic heterocycles. The lowest BCUT2D eigenvalue weighted by Gasteiger charge is -2.26. The van der Waals surface area contributed by atoms with Gasteiger partial charge in [-0.15, -0.1) is 0 Å². The molecule has 14 heteroatoms. The van der Waals surface area contributed by atoms with Gasteiger partial charge in [0.05, 0.1) is 26.2 Å². The van der Waals surface area contributed by atoms with Crippen molar-refractivity contribution >= 4 is 40.6 Å².